The summed E-state index contributed by atoms with van der Waals surface area (Å²) in [5.41, 5.74) is -1.50. The zero-order valence-electron chi connectivity index (χ0n) is 10.4. The maximum atomic E-state index is 9.86. The lowest BCUT2D eigenvalue weighted by Gasteiger charge is -2.38. The molecule has 0 saturated carbocycles. The molecule has 15 heavy (non-hydrogen) atoms. The summed E-state index contributed by atoms with van der Waals surface area (Å²) in [6, 6.07) is 0. The van der Waals surface area contributed by atoms with Crippen LogP contribution in [0.4, 0.5) is 0 Å². The van der Waals surface area contributed by atoms with Gasteiger partial charge in [0.1, 0.15) is 0 Å². The third-order valence-corrected chi connectivity index (χ3v) is 2.83. The number of nitrogens with one attached hydrogen (secondary N) is 2. The van der Waals surface area contributed by atoms with Crippen LogP contribution in [0.15, 0.2) is 0 Å². The van der Waals surface area contributed by atoms with Crippen LogP contribution < -0.4 is 5.32 Å². The van der Waals surface area contributed by atoms with Gasteiger partial charge in [0.15, 0.2) is 0 Å². The molecule has 0 saturated heterocycles. The van der Waals surface area contributed by atoms with Gasteiger partial charge in [0.05, 0.1) is 11.2 Å². The Balaban J connectivity index is 4.18. The van der Waals surface area contributed by atoms with Crippen molar-refractivity contribution >= 4 is 13.7 Å². The second kappa shape index (κ2) is 5.63. The molecule has 1 atom stereocenters. The maximum Gasteiger partial charge on any atom is 0.285 e. The minimum Gasteiger partial charge on any atom is -0.431 e. The van der Waals surface area contributed by atoms with Crippen molar-refractivity contribution in [3.63, 3.8) is 0 Å². The van der Waals surface area contributed by atoms with E-state index in [1.165, 1.54) is 6.21 Å². The average molecular weight is 214 g/mol. The molecule has 0 amide bonds. The minimum absolute atomic E-state index is 0.0524. The summed E-state index contributed by atoms with van der Waals surface area (Å²) in [4.78, 5) is 0. The van der Waals surface area contributed by atoms with E-state index in [9.17, 15) is 5.11 Å². The Morgan fingerprint density at radius 1 is 1.47 bits per heavy atom. The van der Waals surface area contributed by atoms with Gasteiger partial charge in [-0.15, -0.1) is 0 Å². The van der Waals surface area contributed by atoms with Gasteiger partial charge in [0.25, 0.3) is 7.48 Å². The predicted octanol–water partition coefficient (Wildman–Crippen LogP) is 0.561. The molecule has 0 spiro atoms. The molecular formula is C10H23BN2O2. The first kappa shape index (κ1) is 14.6. The lowest BCUT2D eigenvalue weighted by molar-refractivity contribution is -0.0906. The highest BCUT2D eigenvalue weighted by molar-refractivity contribution is 6.35. The molecule has 0 aromatic heterocycles. The van der Waals surface area contributed by atoms with Gasteiger partial charge in [-0.3, -0.25) is 0 Å². The van der Waals surface area contributed by atoms with Crippen LogP contribution in [0.3, 0.4) is 0 Å². The zero-order chi connectivity index (χ0) is 12.1. The molecule has 0 aliphatic heterocycles. The molecule has 88 valence electrons. The largest absolute Gasteiger partial charge is 0.431 e. The van der Waals surface area contributed by atoms with Gasteiger partial charge in [-0.05, 0) is 47.5 Å². The van der Waals surface area contributed by atoms with Crippen LogP contribution in [-0.4, -0.2) is 43.6 Å². The summed E-state index contributed by atoms with van der Waals surface area (Å²) in [6.45, 7) is 7.88. The van der Waals surface area contributed by atoms with E-state index in [1.54, 1.807) is 13.8 Å². The van der Waals surface area contributed by atoms with E-state index >= 15 is 0 Å². The average Bonchev–Trinajstić information content (AvgIpc) is 2.10. The van der Waals surface area contributed by atoms with E-state index in [-0.39, 0.29) is 5.82 Å². The number of hydrogen-bond acceptors (Lipinski definition) is 4. The summed E-state index contributed by atoms with van der Waals surface area (Å²) in [7, 11) is 2.29. The summed E-state index contributed by atoms with van der Waals surface area (Å²) in [5, 5.41) is 20.1. The van der Waals surface area contributed by atoms with Gasteiger partial charge in [0.2, 0.25) is 0 Å². The fourth-order valence-corrected chi connectivity index (χ4v) is 0.920. The third kappa shape index (κ3) is 4.77. The molecule has 0 aliphatic rings. The smallest absolute Gasteiger partial charge is 0.285 e. The highest BCUT2D eigenvalue weighted by Gasteiger charge is 2.36. The Hall–Kier alpha value is -0.385. The van der Waals surface area contributed by atoms with Crippen molar-refractivity contribution in [3.8, 4) is 0 Å². The van der Waals surface area contributed by atoms with Crippen LogP contribution >= 0.6 is 0 Å². The normalized spacial score (nSPS) is 14.8. The van der Waals surface area contributed by atoms with Crippen molar-refractivity contribution in [1.29, 1.82) is 5.41 Å². The first-order valence-electron chi connectivity index (χ1n) is 5.26. The fourth-order valence-electron chi connectivity index (χ4n) is 0.920. The molecule has 0 heterocycles. The second-order valence-corrected chi connectivity index (χ2v) is 4.86. The van der Waals surface area contributed by atoms with E-state index in [2.05, 4.69) is 5.32 Å². The van der Waals surface area contributed by atoms with Crippen LogP contribution in [0.1, 0.15) is 27.7 Å². The lowest BCUT2D eigenvalue weighted by atomic mass is 9.78. The molecule has 0 fully saturated rings. The van der Waals surface area contributed by atoms with Gasteiger partial charge in [0, 0.05) is 5.82 Å². The molecule has 4 nitrogen and oxygen atoms in total. The number of rotatable bonds is 7. The van der Waals surface area contributed by atoms with E-state index in [1.807, 2.05) is 20.9 Å². The topological polar surface area (TPSA) is 65.3 Å². The van der Waals surface area contributed by atoms with Gasteiger partial charge in [-0.1, -0.05) is 0 Å². The summed E-state index contributed by atoms with van der Waals surface area (Å²) >= 11 is 0. The molecule has 0 aromatic rings. The molecule has 0 radical (unpaired) electrons. The molecule has 0 rings (SSSR count). The van der Waals surface area contributed by atoms with Crippen LogP contribution in [-0.2, 0) is 4.65 Å². The van der Waals surface area contributed by atoms with Crippen LogP contribution in [0, 0.1) is 5.41 Å². The molecule has 0 bridgehead atoms. The van der Waals surface area contributed by atoms with Crippen LogP contribution in [0.2, 0.25) is 5.82 Å². The van der Waals surface area contributed by atoms with Crippen molar-refractivity contribution in [3.05, 3.63) is 0 Å². The number of hydrogen-bond donors (Lipinski definition) is 3. The predicted molar refractivity (Wildman–Crippen MR) is 65.1 cm³/mol. The Labute approximate surface area is 93.2 Å². The lowest BCUT2D eigenvalue weighted by Crippen LogP contribution is -2.48. The monoisotopic (exact) mass is 214 g/mol. The molecule has 0 unspecified atom stereocenters. The van der Waals surface area contributed by atoms with E-state index in [0.717, 1.165) is 0 Å². The van der Waals surface area contributed by atoms with Crippen molar-refractivity contribution in [2.24, 2.45) is 0 Å². The first-order valence-corrected chi connectivity index (χ1v) is 5.26. The van der Waals surface area contributed by atoms with Crippen molar-refractivity contribution in [2.45, 2.75) is 44.7 Å². The van der Waals surface area contributed by atoms with E-state index in [0.29, 0.717) is 14.0 Å². The molecule has 5 heteroatoms. The van der Waals surface area contributed by atoms with Crippen molar-refractivity contribution in [2.75, 3.05) is 13.6 Å². The van der Waals surface area contributed by atoms with Crippen LogP contribution in [0.5, 0.6) is 0 Å². The highest BCUT2D eigenvalue weighted by atomic mass is 16.5. The molecular weight excluding hydrogens is 191 g/mol. The number of aliphatic hydroxyl groups is 1. The Morgan fingerprint density at radius 3 is 2.33 bits per heavy atom. The van der Waals surface area contributed by atoms with Gasteiger partial charge < -0.3 is 20.5 Å². The third-order valence-electron chi connectivity index (χ3n) is 2.83. The summed E-state index contributed by atoms with van der Waals surface area (Å²) in [5.74, 6) is 0.0524. The second-order valence-electron chi connectivity index (χ2n) is 4.86. The van der Waals surface area contributed by atoms with Gasteiger partial charge in [-0.2, -0.15) is 0 Å². The molecule has 0 aromatic carbocycles. The maximum absolute atomic E-state index is 9.86. The van der Waals surface area contributed by atoms with Crippen molar-refractivity contribution < 1.29 is 9.76 Å². The minimum atomic E-state index is -0.890. The fraction of sp³-hybridized carbons (Fsp3) is 0.900. The Bertz CT molecular complexity index is 202. The SMILES string of the molecule is CNC[C@@H](BOC(C)(C)C(C)(C)O)C=N. The quantitative estimate of drug-likeness (QED) is 0.428. The molecule has 3 N–H and O–H groups in total. The van der Waals surface area contributed by atoms with Crippen LogP contribution in [0.25, 0.3) is 0 Å². The standard InChI is InChI=1S/C10H23BN2O2/c1-9(2,14)10(3,4)15-11-8(6-12)7-13-5/h6,8,11-14H,7H2,1-5H3/t8-/m0/s1. The Morgan fingerprint density at radius 2 is 2.00 bits per heavy atom. The summed E-state index contributed by atoms with van der Waals surface area (Å²) in [6.07, 6.45) is 1.37. The highest BCUT2D eigenvalue weighted by Crippen LogP contribution is 2.25. The molecule has 0 aliphatic carbocycles. The van der Waals surface area contributed by atoms with E-state index < -0.39 is 11.2 Å². The van der Waals surface area contributed by atoms with E-state index in [4.69, 9.17) is 10.1 Å². The zero-order valence-corrected chi connectivity index (χ0v) is 10.4. The summed E-state index contributed by atoms with van der Waals surface area (Å²) < 4.78 is 5.66. The van der Waals surface area contributed by atoms with Gasteiger partial charge in [-0.25, -0.2) is 0 Å². The Kier molecular flexibility index (Phi) is 5.49. The van der Waals surface area contributed by atoms with Crippen molar-refractivity contribution in [1.82, 2.24) is 5.32 Å². The first-order chi connectivity index (χ1) is 6.74. The van der Waals surface area contributed by atoms with Gasteiger partial charge >= 0.3 is 0 Å².